The highest BCUT2D eigenvalue weighted by Gasteiger charge is 2.33. The summed E-state index contributed by atoms with van der Waals surface area (Å²) in [4.78, 5) is 12.9. The molecule has 0 bridgehead atoms. The van der Waals surface area contributed by atoms with E-state index in [0.29, 0.717) is 12.8 Å². The molecule has 110 valence electrons. The third-order valence-corrected chi connectivity index (χ3v) is 3.17. The van der Waals surface area contributed by atoms with E-state index in [1.807, 2.05) is 0 Å². The minimum absolute atomic E-state index is 0.0122. The van der Waals surface area contributed by atoms with E-state index in [4.69, 9.17) is 5.73 Å². The Balaban J connectivity index is 2.44. The molecule has 1 aliphatic heterocycles. The standard InChI is InChI=1S/C12H11F5N2O/c13-7-6(8(14)10(16)11(17)9(7)15)12(20)19-3-1-2-5(18)4-19/h5H,1-4,18H2/t5-/m1/s1. The van der Waals surface area contributed by atoms with Crippen LogP contribution in [0.5, 0.6) is 0 Å². The summed E-state index contributed by atoms with van der Waals surface area (Å²) in [6, 6.07) is -0.381. The smallest absolute Gasteiger partial charge is 0.260 e. The van der Waals surface area contributed by atoms with Gasteiger partial charge in [-0.2, -0.15) is 0 Å². The van der Waals surface area contributed by atoms with E-state index in [9.17, 15) is 26.7 Å². The Morgan fingerprint density at radius 1 is 1.00 bits per heavy atom. The zero-order valence-corrected chi connectivity index (χ0v) is 10.2. The first kappa shape index (κ1) is 14.7. The summed E-state index contributed by atoms with van der Waals surface area (Å²) in [5.74, 6) is -12.0. The fraction of sp³-hybridized carbons (Fsp3) is 0.417. The van der Waals surface area contributed by atoms with Gasteiger partial charge in [0.05, 0.1) is 0 Å². The average Bonchev–Trinajstić information content (AvgIpc) is 2.43. The molecule has 0 spiro atoms. The fourth-order valence-electron chi connectivity index (χ4n) is 2.15. The van der Waals surface area contributed by atoms with Crippen LogP contribution in [-0.4, -0.2) is 29.9 Å². The van der Waals surface area contributed by atoms with Crippen molar-refractivity contribution in [1.82, 2.24) is 4.90 Å². The molecule has 1 aromatic carbocycles. The van der Waals surface area contributed by atoms with E-state index >= 15 is 0 Å². The van der Waals surface area contributed by atoms with Crippen LogP contribution in [0.1, 0.15) is 23.2 Å². The van der Waals surface area contributed by atoms with Gasteiger partial charge in [-0.1, -0.05) is 0 Å². The van der Waals surface area contributed by atoms with Gasteiger partial charge in [0.25, 0.3) is 5.91 Å². The molecular formula is C12H11F5N2O. The molecule has 3 nitrogen and oxygen atoms in total. The number of nitrogens with zero attached hydrogens (tertiary/aromatic N) is 1. The van der Waals surface area contributed by atoms with Crippen molar-refractivity contribution in [2.75, 3.05) is 13.1 Å². The zero-order chi connectivity index (χ0) is 15.0. The molecule has 1 saturated heterocycles. The number of carbonyl (C=O) groups excluding carboxylic acids is 1. The van der Waals surface area contributed by atoms with Crippen molar-refractivity contribution < 1.29 is 26.7 Å². The third kappa shape index (κ3) is 2.35. The Labute approximate surface area is 111 Å². The van der Waals surface area contributed by atoms with E-state index < -0.39 is 40.6 Å². The van der Waals surface area contributed by atoms with Gasteiger partial charge in [-0.3, -0.25) is 4.79 Å². The lowest BCUT2D eigenvalue weighted by atomic mass is 10.0. The quantitative estimate of drug-likeness (QED) is 0.489. The van der Waals surface area contributed by atoms with Crippen LogP contribution in [0.15, 0.2) is 0 Å². The van der Waals surface area contributed by atoms with E-state index in [1.165, 1.54) is 0 Å². The molecule has 0 saturated carbocycles. The van der Waals surface area contributed by atoms with Crippen LogP contribution >= 0.6 is 0 Å². The molecule has 1 amide bonds. The summed E-state index contributed by atoms with van der Waals surface area (Å²) in [6.07, 6.45) is 1.13. The Hall–Kier alpha value is -1.70. The molecule has 1 atom stereocenters. The largest absolute Gasteiger partial charge is 0.337 e. The normalized spacial score (nSPS) is 19.3. The van der Waals surface area contributed by atoms with E-state index in [-0.39, 0.29) is 19.1 Å². The summed E-state index contributed by atoms with van der Waals surface area (Å²) in [6.45, 7) is 0.171. The van der Waals surface area contributed by atoms with Gasteiger partial charge in [-0.05, 0) is 12.8 Å². The lowest BCUT2D eigenvalue weighted by molar-refractivity contribution is 0.0695. The van der Waals surface area contributed by atoms with Gasteiger partial charge in [0.15, 0.2) is 23.3 Å². The molecule has 20 heavy (non-hydrogen) atoms. The molecule has 0 aromatic heterocycles. The number of likely N-dealkylation sites (tertiary alicyclic amines) is 1. The maximum atomic E-state index is 13.5. The number of halogens is 5. The summed E-state index contributed by atoms with van der Waals surface area (Å²) in [5.41, 5.74) is 4.18. The van der Waals surface area contributed by atoms with Crippen molar-refractivity contribution in [3.8, 4) is 0 Å². The number of hydrogen-bond donors (Lipinski definition) is 1. The molecule has 0 aliphatic carbocycles. The minimum Gasteiger partial charge on any atom is -0.337 e. The van der Waals surface area contributed by atoms with Crippen LogP contribution in [0.3, 0.4) is 0 Å². The SMILES string of the molecule is N[C@@H]1CCCN(C(=O)c2c(F)c(F)c(F)c(F)c2F)C1. The molecule has 1 heterocycles. The van der Waals surface area contributed by atoms with Crippen molar-refractivity contribution in [2.45, 2.75) is 18.9 Å². The van der Waals surface area contributed by atoms with Gasteiger partial charge in [0.2, 0.25) is 5.82 Å². The second-order valence-electron chi connectivity index (χ2n) is 4.60. The van der Waals surface area contributed by atoms with E-state index in [1.54, 1.807) is 0 Å². The second-order valence-corrected chi connectivity index (χ2v) is 4.60. The predicted molar refractivity (Wildman–Crippen MR) is 59.3 cm³/mol. The lowest BCUT2D eigenvalue weighted by Crippen LogP contribution is -2.46. The maximum Gasteiger partial charge on any atom is 0.260 e. The molecule has 1 aliphatic rings. The van der Waals surface area contributed by atoms with Gasteiger partial charge < -0.3 is 10.6 Å². The molecule has 0 radical (unpaired) electrons. The third-order valence-electron chi connectivity index (χ3n) is 3.17. The molecule has 1 aromatic rings. The van der Waals surface area contributed by atoms with Gasteiger partial charge in [-0.25, -0.2) is 22.0 Å². The topological polar surface area (TPSA) is 46.3 Å². The number of rotatable bonds is 1. The highest BCUT2D eigenvalue weighted by molar-refractivity contribution is 5.95. The average molecular weight is 294 g/mol. The summed E-state index contributed by atoms with van der Waals surface area (Å²) in [7, 11) is 0. The van der Waals surface area contributed by atoms with Crippen LogP contribution < -0.4 is 5.73 Å². The van der Waals surface area contributed by atoms with Crippen molar-refractivity contribution in [1.29, 1.82) is 0 Å². The Morgan fingerprint density at radius 3 is 2.00 bits per heavy atom. The molecule has 2 rings (SSSR count). The van der Waals surface area contributed by atoms with E-state index in [0.717, 1.165) is 4.90 Å². The predicted octanol–water partition coefficient (Wildman–Crippen LogP) is 1.95. The van der Waals surface area contributed by atoms with Crippen molar-refractivity contribution in [3.63, 3.8) is 0 Å². The number of nitrogens with two attached hydrogens (primary N) is 1. The van der Waals surface area contributed by atoms with Gasteiger partial charge in [-0.15, -0.1) is 0 Å². The first-order valence-electron chi connectivity index (χ1n) is 5.90. The van der Waals surface area contributed by atoms with Gasteiger partial charge >= 0.3 is 0 Å². The van der Waals surface area contributed by atoms with Gasteiger partial charge in [0.1, 0.15) is 5.56 Å². The fourth-order valence-corrected chi connectivity index (χ4v) is 2.15. The summed E-state index contributed by atoms with van der Waals surface area (Å²) >= 11 is 0. The molecule has 8 heteroatoms. The number of carbonyl (C=O) groups is 1. The van der Waals surface area contributed by atoms with Crippen molar-refractivity contribution in [3.05, 3.63) is 34.6 Å². The lowest BCUT2D eigenvalue weighted by Gasteiger charge is -2.31. The number of benzene rings is 1. The Morgan fingerprint density at radius 2 is 1.50 bits per heavy atom. The molecule has 2 N–H and O–H groups in total. The molecular weight excluding hydrogens is 283 g/mol. The first-order chi connectivity index (χ1) is 9.34. The van der Waals surface area contributed by atoms with Crippen molar-refractivity contribution in [2.24, 2.45) is 5.73 Å². The monoisotopic (exact) mass is 294 g/mol. The molecule has 1 fully saturated rings. The summed E-state index contributed by atoms with van der Waals surface area (Å²) < 4.78 is 66.0. The van der Waals surface area contributed by atoms with E-state index in [2.05, 4.69) is 0 Å². The molecule has 0 unspecified atom stereocenters. The maximum absolute atomic E-state index is 13.5. The number of amides is 1. The second kappa shape index (κ2) is 5.35. The zero-order valence-electron chi connectivity index (χ0n) is 10.2. The van der Waals surface area contributed by atoms with Crippen LogP contribution in [0.4, 0.5) is 22.0 Å². The van der Waals surface area contributed by atoms with Crippen molar-refractivity contribution >= 4 is 5.91 Å². The minimum atomic E-state index is -2.29. The van der Waals surface area contributed by atoms with Crippen LogP contribution in [0.25, 0.3) is 0 Å². The van der Waals surface area contributed by atoms with Crippen LogP contribution in [-0.2, 0) is 0 Å². The van der Waals surface area contributed by atoms with Crippen LogP contribution in [0, 0.1) is 29.1 Å². The first-order valence-corrected chi connectivity index (χ1v) is 5.90. The Bertz CT molecular complexity index is 534. The highest BCUT2D eigenvalue weighted by atomic mass is 19.2. The highest BCUT2D eigenvalue weighted by Crippen LogP contribution is 2.25. The van der Waals surface area contributed by atoms with Crippen LogP contribution in [0.2, 0.25) is 0 Å². The van der Waals surface area contributed by atoms with Gasteiger partial charge in [0, 0.05) is 19.1 Å². The summed E-state index contributed by atoms with van der Waals surface area (Å²) in [5, 5.41) is 0. The number of piperidine rings is 1. The Kier molecular flexibility index (Phi) is 3.94. The number of hydrogen-bond acceptors (Lipinski definition) is 2.